The SMILES string of the molecule is O=C1CN(c2csc(-c3cccc(N(C4CCCCC4)S(=O)O)c3)c2Cl)S(O)(O)N1. The van der Waals surface area contributed by atoms with Crippen molar-refractivity contribution in [1.82, 2.24) is 4.72 Å². The third-order valence-corrected chi connectivity index (χ3v) is 9.06. The van der Waals surface area contributed by atoms with Crippen LogP contribution in [-0.2, 0) is 16.1 Å². The summed E-state index contributed by atoms with van der Waals surface area (Å²) < 4.78 is 47.1. The number of amides is 1. The van der Waals surface area contributed by atoms with Crippen molar-refractivity contribution in [2.45, 2.75) is 38.1 Å². The lowest BCUT2D eigenvalue weighted by Gasteiger charge is -2.35. The standard InChI is InChI=1S/C18H22ClN3O5S3/c19-17-15(21-10-16(23)20-30(21,26)27)11-28-18(17)12-5-4-8-14(9-12)22(29(24)25)13-6-2-1-3-7-13/h4-5,8-9,11,13,26-27H,1-3,6-7,10H2,(H,20,23)(H,24,25). The highest BCUT2D eigenvalue weighted by atomic mass is 35.5. The Morgan fingerprint density at radius 3 is 2.63 bits per heavy atom. The molecule has 1 aliphatic heterocycles. The van der Waals surface area contributed by atoms with Crippen LogP contribution < -0.4 is 13.3 Å². The second-order valence-corrected chi connectivity index (χ2v) is 11.0. The summed E-state index contributed by atoms with van der Waals surface area (Å²) in [4.78, 5) is 12.3. The molecule has 0 bridgehead atoms. The molecule has 0 spiro atoms. The third-order valence-electron chi connectivity index (χ3n) is 5.26. The third kappa shape index (κ3) is 4.20. The molecule has 4 rings (SSSR count). The average molecular weight is 492 g/mol. The van der Waals surface area contributed by atoms with Crippen molar-refractivity contribution < 1.29 is 22.7 Å². The number of halogens is 1. The largest absolute Gasteiger partial charge is 0.289 e. The van der Waals surface area contributed by atoms with Gasteiger partial charge in [-0.3, -0.25) is 22.8 Å². The molecular formula is C18H22ClN3O5S3. The summed E-state index contributed by atoms with van der Waals surface area (Å²) >= 11 is 5.71. The van der Waals surface area contributed by atoms with Crippen LogP contribution in [-0.4, -0.2) is 36.4 Å². The number of nitrogens with zero attached hydrogens (tertiary/aromatic N) is 2. The van der Waals surface area contributed by atoms with Gasteiger partial charge >= 0.3 is 0 Å². The first-order chi connectivity index (χ1) is 14.3. The van der Waals surface area contributed by atoms with Crippen molar-refractivity contribution in [2.75, 3.05) is 15.2 Å². The number of carbonyl (C=O) groups is 1. The van der Waals surface area contributed by atoms with E-state index in [1.54, 1.807) is 21.8 Å². The Labute approximate surface area is 187 Å². The van der Waals surface area contributed by atoms with Gasteiger partial charge < -0.3 is 0 Å². The Morgan fingerprint density at radius 2 is 2.00 bits per heavy atom. The summed E-state index contributed by atoms with van der Waals surface area (Å²) in [5.74, 6) is -0.491. The molecule has 1 aromatic carbocycles. The minimum Gasteiger partial charge on any atom is -0.289 e. The van der Waals surface area contributed by atoms with Gasteiger partial charge in [-0.25, -0.2) is 13.2 Å². The van der Waals surface area contributed by atoms with Gasteiger partial charge in [-0.2, -0.15) is 0 Å². The van der Waals surface area contributed by atoms with E-state index in [1.165, 1.54) is 15.6 Å². The van der Waals surface area contributed by atoms with E-state index in [1.807, 2.05) is 12.1 Å². The molecule has 1 aromatic heterocycles. The van der Waals surface area contributed by atoms with Gasteiger partial charge in [-0.15, -0.1) is 11.3 Å². The molecule has 30 heavy (non-hydrogen) atoms. The number of benzene rings is 1. The van der Waals surface area contributed by atoms with Crippen molar-refractivity contribution in [3.05, 3.63) is 34.7 Å². The van der Waals surface area contributed by atoms with Crippen LogP contribution in [0, 0.1) is 0 Å². The molecule has 12 heteroatoms. The Kier molecular flexibility index (Phi) is 6.31. The monoisotopic (exact) mass is 491 g/mol. The predicted molar refractivity (Wildman–Crippen MR) is 123 cm³/mol. The fourth-order valence-electron chi connectivity index (χ4n) is 3.91. The maximum atomic E-state index is 12.1. The molecule has 4 N–H and O–H groups in total. The average Bonchev–Trinajstić information content (AvgIpc) is 3.20. The molecule has 0 radical (unpaired) electrons. The molecule has 1 saturated carbocycles. The van der Waals surface area contributed by atoms with Crippen molar-refractivity contribution in [3.8, 4) is 10.4 Å². The maximum Gasteiger partial charge on any atom is 0.262 e. The summed E-state index contributed by atoms with van der Waals surface area (Å²) in [6, 6.07) is 7.26. The molecule has 1 amide bonds. The first-order valence-corrected chi connectivity index (χ1v) is 13.2. The van der Waals surface area contributed by atoms with Gasteiger partial charge in [0.1, 0.15) is 6.54 Å². The molecule has 1 atom stereocenters. The fourth-order valence-corrected chi connectivity index (χ4v) is 7.39. The topological polar surface area (TPSA) is 113 Å². The summed E-state index contributed by atoms with van der Waals surface area (Å²) in [5.41, 5.74) is 1.74. The van der Waals surface area contributed by atoms with Crippen LogP contribution in [0.3, 0.4) is 0 Å². The molecule has 1 saturated heterocycles. The first kappa shape index (κ1) is 21.9. The predicted octanol–water partition coefficient (Wildman–Crippen LogP) is 4.86. The Morgan fingerprint density at radius 1 is 1.27 bits per heavy atom. The maximum absolute atomic E-state index is 12.1. The number of thiophene rings is 1. The van der Waals surface area contributed by atoms with Crippen LogP contribution in [0.25, 0.3) is 10.4 Å². The highest BCUT2D eigenvalue weighted by Crippen LogP contribution is 2.52. The highest BCUT2D eigenvalue weighted by Gasteiger charge is 2.37. The molecular weight excluding hydrogens is 470 g/mol. The lowest BCUT2D eigenvalue weighted by Crippen LogP contribution is -2.38. The molecule has 8 nitrogen and oxygen atoms in total. The zero-order valence-corrected chi connectivity index (χ0v) is 19.1. The molecule has 2 aromatic rings. The summed E-state index contributed by atoms with van der Waals surface area (Å²) in [6.45, 7) is -0.197. The van der Waals surface area contributed by atoms with E-state index in [0.717, 1.165) is 37.7 Å². The van der Waals surface area contributed by atoms with Gasteiger partial charge in [0, 0.05) is 11.4 Å². The zero-order valence-electron chi connectivity index (χ0n) is 15.9. The number of anilines is 2. The Hall–Kier alpha value is -1.34. The second-order valence-electron chi connectivity index (χ2n) is 7.24. The molecule has 2 heterocycles. The van der Waals surface area contributed by atoms with Crippen molar-refractivity contribution in [3.63, 3.8) is 0 Å². The molecule has 2 fully saturated rings. The van der Waals surface area contributed by atoms with Gasteiger partial charge in [0.05, 0.1) is 21.3 Å². The Bertz CT molecular complexity index is 980. The van der Waals surface area contributed by atoms with Crippen LogP contribution in [0.1, 0.15) is 32.1 Å². The van der Waals surface area contributed by atoms with Crippen molar-refractivity contribution in [2.24, 2.45) is 0 Å². The van der Waals surface area contributed by atoms with E-state index in [9.17, 15) is 22.7 Å². The van der Waals surface area contributed by atoms with E-state index >= 15 is 0 Å². The van der Waals surface area contributed by atoms with Crippen LogP contribution >= 0.6 is 33.9 Å². The van der Waals surface area contributed by atoms with Crippen LogP contribution in [0.15, 0.2) is 29.6 Å². The molecule has 164 valence electrons. The molecule has 1 unspecified atom stereocenters. The van der Waals surface area contributed by atoms with Crippen LogP contribution in [0.4, 0.5) is 11.4 Å². The van der Waals surface area contributed by atoms with E-state index in [2.05, 4.69) is 4.72 Å². The number of rotatable bonds is 5. The van der Waals surface area contributed by atoms with E-state index < -0.39 is 28.1 Å². The summed E-state index contributed by atoms with van der Waals surface area (Å²) in [6.07, 6.45) is 4.95. The normalized spacial score (nSPS) is 21.3. The van der Waals surface area contributed by atoms with Crippen LogP contribution in [0.2, 0.25) is 5.02 Å². The number of hydrogen-bond acceptors (Lipinski definition) is 6. The van der Waals surface area contributed by atoms with E-state index in [-0.39, 0.29) is 12.6 Å². The lowest BCUT2D eigenvalue weighted by atomic mass is 9.95. The van der Waals surface area contributed by atoms with E-state index in [0.29, 0.717) is 21.3 Å². The van der Waals surface area contributed by atoms with Gasteiger partial charge in [-0.1, -0.05) is 43.0 Å². The second kappa shape index (κ2) is 8.65. The minimum absolute atomic E-state index is 0.00360. The lowest BCUT2D eigenvalue weighted by molar-refractivity contribution is -0.117. The fraction of sp³-hybridized carbons (Fsp3) is 0.389. The van der Waals surface area contributed by atoms with Gasteiger partial charge in [0.25, 0.3) is 17.2 Å². The summed E-state index contributed by atoms with van der Waals surface area (Å²) in [7, 11) is -3.45. The van der Waals surface area contributed by atoms with E-state index in [4.69, 9.17) is 11.6 Å². The first-order valence-electron chi connectivity index (χ1n) is 9.42. The van der Waals surface area contributed by atoms with Crippen molar-refractivity contribution >= 4 is 62.4 Å². The van der Waals surface area contributed by atoms with Gasteiger partial charge in [-0.05, 0) is 41.5 Å². The number of hydrogen-bond donors (Lipinski definition) is 4. The number of nitrogens with one attached hydrogen (secondary N) is 1. The number of carbonyl (C=O) groups excluding carboxylic acids is 1. The van der Waals surface area contributed by atoms with Crippen LogP contribution in [0.5, 0.6) is 0 Å². The Balaban J connectivity index is 1.67. The van der Waals surface area contributed by atoms with Gasteiger partial charge in [0.2, 0.25) is 0 Å². The summed E-state index contributed by atoms with van der Waals surface area (Å²) in [5, 5.41) is 1.96. The quantitative estimate of drug-likeness (QED) is 0.444. The smallest absolute Gasteiger partial charge is 0.262 e. The minimum atomic E-state index is -3.45. The van der Waals surface area contributed by atoms with Gasteiger partial charge in [0.15, 0.2) is 0 Å². The molecule has 1 aliphatic carbocycles. The highest BCUT2D eigenvalue weighted by molar-refractivity contribution is 8.24. The zero-order chi connectivity index (χ0) is 21.5. The molecule has 2 aliphatic rings. The van der Waals surface area contributed by atoms with Crippen molar-refractivity contribution in [1.29, 1.82) is 0 Å².